The molecule has 2 aromatic carbocycles. The zero-order valence-corrected chi connectivity index (χ0v) is 17.6. The van der Waals surface area contributed by atoms with Gasteiger partial charge in [0.1, 0.15) is 11.3 Å². The van der Waals surface area contributed by atoms with Gasteiger partial charge >= 0.3 is 6.03 Å². The van der Waals surface area contributed by atoms with E-state index in [0.717, 1.165) is 20.5 Å². The number of ether oxygens (including phenoxy) is 1. The molecule has 0 aliphatic carbocycles. The normalized spacial score (nSPS) is 15.5. The Hall–Kier alpha value is -3.19. The number of methoxy groups -OCH3 is 1. The van der Waals surface area contributed by atoms with E-state index in [1.165, 1.54) is 6.08 Å². The molecule has 29 heavy (non-hydrogen) atoms. The minimum Gasteiger partial charge on any atom is -0.496 e. The van der Waals surface area contributed by atoms with Crippen molar-refractivity contribution in [3.8, 4) is 5.75 Å². The highest BCUT2D eigenvalue weighted by Gasteiger charge is 2.36. The second-order valence-electron chi connectivity index (χ2n) is 6.46. The Kier molecular flexibility index (Phi) is 5.98. The van der Waals surface area contributed by atoms with Crippen LogP contribution in [0.15, 0.2) is 59.1 Å². The Morgan fingerprint density at radius 3 is 2.59 bits per heavy atom. The van der Waals surface area contributed by atoms with E-state index in [1.807, 2.05) is 13.0 Å². The summed E-state index contributed by atoms with van der Waals surface area (Å²) in [7, 11) is 1.57. The Labute approximate surface area is 177 Å². The standard InChI is InChI=1S/C22H19BrN2O4/c1-4-5-15-11-14(6-9-19(15)29-3)12-17-20(26)24-22(28)25(21(17)27)16-7-8-18(23)13(2)10-16/h4,6-12H,1,5H2,2-3H3,(H,24,26,28)/b17-12+. The molecule has 0 spiro atoms. The number of allylic oxidation sites excluding steroid dienone is 1. The van der Waals surface area contributed by atoms with E-state index < -0.39 is 17.8 Å². The van der Waals surface area contributed by atoms with Crippen LogP contribution in [0.3, 0.4) is 0 Å². The van der Waals surface area contributed by atoms with Crippen molar-refractivity contribution < 1.29 is 19.1 Å². The van der Waals surface area contributed by atoms with Crippen LogP contribution in [0.4, 0.5) is 10.5 Å². The molecule has 1 aliphatic rings. The van der Waals surface area contributed by atoms with E-state index in [9.17, 15) is 14.4 Å². The molecular formula is C22H19BrN2O4. The van der Waals surface area contributed by atoms with Crippen LogP contribution in [0, 0.1) is 6.92 Å². The maximum Gasteiger partial charge on any atom is 0.335 e. The Morgan fingerprint density at radius 2 is 1.93 bits per heavy atom. The van der Waals surface area contributed by atoms with Crippen molar-refractivity contribution in [3.05, 3.63) is 75.8 Å². The summed E-state index contributed by atoms with van der Waals surface area (Å²) in [5, 5.41) is 2.23. The van der Waals surface area contributed by atoms with Gasteiger partial charge in [-0.2, -0.15) is 0 Å². The fraction of sp³-hybridized carbons (Fsp3) is 0.136. The fourth-order valence-corrected chi connectivity index (χ4v) is 3.28. The number of rotatable bonds is 5. The Bertz CT molecular complexity index is 1060. The van der Waals surface area contributed by atoms with Crippen molar-refractivity contribution in [3.63, 3.8) is 0 Å². The maximum atomic E-state index is 13.0. The van der Waals surface area contributed by atoms with Gasteiger partial charge in [-0.05, 0) is 66.4 Å². The molecule has 7 heteroatoms. The SMILES string of the molecule is C=CCc1cc(/C=C2\C(=O)NC(=O)N(c3ccc(Br)c(C)c3)C2=O)ccc1OC. The van der Waals surface area contributed by atoms with Gasteiger partial charge in [-0.25, -0.2) is 9.69 Å². The highest BCUT2D eigenvalue weighted by molar-refractivity contribution is 9.10. The molecule has 6 nitrogen and oxygen atoms in total. The molecule has 0 radical (unpaired) electrons. The summed E-state index contributed by atoms with van der Waals surface area (Å²) in [5.74, 6) is -0.721. The number of amides is 4. The van der Waals surface area contributed by atoms with Gasteiger partial charge in [-0.1, -0.05) is 28.1 Å². The van der Waals surface area contributed by atoms with Crippen molar-refractivity contribution in [1.29, 1.82) is 0 Å². The minimum absolute atomic E-state index is 0.125. The zero-order valence-electron chi connectivity index (χ0n) is 16.0. The molecule has 0 aromatic heterocycles. The van der Waals surface area contributed by atoms with Gasteiger partial charge in [0.25, 0.3) is 11.8 Å². The van der Waals surface area contributed by atoms with Gasteiger partial charge in [-0.15, -0.1) is 6.58 Å². The molecule has 148 valence electrons. The summed E-state index contributed by atoms with van der Waals surface area (Å²) in [5.41, 5.74) is 2.63. The van der Waals surface area contributed by atoms with Crippen LogP contribution < -0.4 is 15.0 Å². The lowest BCUT2D eigenvalue weighted by molar-refractivity contribution is -0.122. The van der Waals surface area contributed by atoms with E-state index in [1.54, 1.807) is 43.5 Å². The molecule has 0 atom stereocenters. The smallest absolute Gasteiger partial charge is 0.335 e. The average molecular weight is 455 g/mol. The summed E-state index contributed by atoms with van der Waals surface area (Å²) < 4.78 is 6.18. The number of halogens is 1. The molecule has 1 N–H and O–H groups in total. The van der Waals surface area contributed by atoms with Crippen LogP contribution in [0.5, 0.6) is 5.75 Å². The monoisotopic (exact) mass is 454 g/mol. The third-order valence-corrected chi connectivity index (χ3v) is 5.37. The van der Waals surface area contributed by atoms with Crippen LogP contribution >= 0.6 is 15.9 Å². The highest BCUT2D eigenvalue weighted by Crippen LogP contribution is 2.27. The van der Waals surface area contributed by atoms with Crippen molar-refractivity contribution in [1.82, 2.24) is 5.32 Å². The summed E-state index contributed by atoms with van der Waals surface area (Å²) >= 11 is 3.39. The third-order valence-electron chi connectivity index (χ3n) is 4.48. The van der Waals surface area contributed by atoms with Crippen molar-refractivity contribution in [2.45, 2.75) is 13.3 Å². The zero-order chi connectivity index (χ0) is 21.1. The number of carbonyl (C=O) groups excluding carboxylic acids is 3. The van der Waals surface area contributed by atoms with Gasteiger partial charge in [0, 0.05) is 4.47 Å². The lowest BCUT2D eigenvalue weighted by Gasteiger charge is -2.26. The van der Waals surface area contributed by atoms with Gasteiger partial charge < -0.3 is 4.74 Å². The number of hydrogen-bond donors (Lipinski definition) is 1. The van der Waals surface area contributed by atoms with Crippen LogP contribution in [0.2, 0.25) is 0 Å². The number of benzene rings is 2. The Morgan fingerprint density at radius 1 is 1.17 bits per heavy atom. The number of imide groups is 2. The third kappa shape index (κ3) is 4.14. The van der Waals surface area contributed by atoms with Gasteiger partial charge in [0.15, 0.2) is 0 Å². The van der Waals surface area contributed by atoms with Crippen molar-refractivity contribution >= 4 is 45.5 Å². The number of urea groups is 1. The van der Waals surface area contributed by atoms with E-state index in [2.05, 4.69) is 27.8 Å². The number of nitrogens with zero attached hydrogens (tertiary/aromatic N) is 1. The second kappa shape index (κ2) is 8.45. The van der Waals surface area contributed by atoms with E-state index in [0.29, 0.717) is 23.4 Å². The summed E-state index contributed by atoms with van der Waals surface area (Å²) in [4.78, 5) is 38.7. The summed E-state index contributed by atoms with van der Waals surface area (Å²) in [6.45, 7) is 5.58. The number of anilines is 1. The van der Waals surface area contributed by atoms with Crippen LogP contribution in [-0.2, 0) is 16.0 Å². The predicted molar refractivity (Wildman–Crippen MR) is 115 cm³/mol. The molecule has 1 saturated heterocycles. The summed E-state index contributed by atoms with van der Waals surface area (Å²) in [6.07, 6.45) is 3.78. The van der Waals surface area contributed by atoms with Crippen LogP contribution in [0.25, 0.3) is 6.08 Å². The van der Waals surface area contributed by atoms with Crippen molar-refractivity contribution in [2.24, 2.45) is 0 Å². The number of aryl methyl sites for hydroxylation is 1. The topological polar surface area (TPSA) is 75.7 Å². The number of nitrogens with one attached hydrogen (secondary N) is 1. The summed E-state index contributed by atoms with van der Waals surface area (Å²) in [6, 6.07) is 9.62. The molecule has 1 fully saturated rings. The first-order valence-corrected chi connectivity index (χ1v) is 9.60. The van der Waals surface area contributed by atoms with E-state index >= 15 is 0 Å². The molecule has 1 heterocycles. The van der Waals surface area contributed by atoms with E-state index in [4.69, 9.17) is 4.74 Å². The molecule has 0 bridgehead atoms. The second-order valence-corrected chi connectivity index (χ2v) is 7.31. The highest BCUT2D eigenvalue weighted by atomic mass is 79.9. The number of hydrogen-bond acceptors (Lipinski definition) is 4. The molecule has 4 amide bonds. The van der Waals surface area contributed by atoms with Crippen molar-refractivity contribution in [2.75, 3.05) is 12.0 Å². The average Bonchev–Trinajstić information content (AvgIpc) is 2.68. The lowest BCUT2D eigenvalue weighted by Crippen LogP contribution is -2.54. The maximum absolute atomic E-state index is 13.0. The van der Waals surface area contributed by atoms with E-state index in [-0.39, 0.29) is 5.57 Å². The molecule has 3 rings (SSSR count). The number of carbonyl (C=O) groups is 3. The first kappa shape index (κ1) is 20.5. The molecular weight excluding hydrogens is 436 g/mol. The first-order chi connectivity index (χ1) is 13.8. The lowest BCUT2D eigenvalue weighted by atomic mass is 10.0. The first-order valence-electron chi connectivity index (χ1n) is 8.81. The van der Waals surface area contributed by atoms with Gasteiger partial charge in [0.2, 0.25) is 0 Å². The number of barbiturate groups is 1. The predicted octanol–water partition coefficient (Wildman–Crippen LogP) is 4.16. The molecule has 2 aromatic rings. The molecule has 1 aliphatic heterocycles. The fourth-order valence-electron chi connectivity index (χ4n) is 3.03. The quantitative estimate of drug-likeness (QED) is 0.418. The molecule has 0 unspecified atom stereocenters. The van der Waals surface area contributed by atoms with Crippen LogP contribution in [0.1, 0.15) is 16.7 Å². The van der Waals surface area contributed by atoms with Crippen LogP contribution in [-0.4, -0.2) is 25.0 Å². The Balaban J connectivity index is 2.02. The minimum atomic E-state index is -0.777. The van der Waals surface area contributed by atoms with Gasteiger partial charge in [0.05, 0.1) is 12.8 Å². The molecule has 0 saturated carbocycles. The van der Waals surface area contributed by atoms with Gasteiger partial charge in [-0.3, -0.25) is 14.9 Å². The largest absolute Gasteiger partial charge is 0.496 e.